The van der Waals surface area contributed by atoms with Crippen LogP contribution in [0.1, 0.15) is 44.4 Å². The summed E-state index contributed by atoms with van der Waals surface area (Å²) >= 11 is 0. The number of amides is 2. The number of alkyl carbamates (subject to hydrolysis) is 1. The maximum Gasteiger partial charge on any atom is 0.413 e. The fraction of sp³-hybridized carbons (Fsp3) is 0.529. The molecule has 0 bridgehead atoms. The number of methoxy groups -OCH3 is 1. The van der Waals surface area contributed by atoms with Gasteiger partial charge in [0.15, 0.2) is 6.54 Å². The Morgan fingerprint density at radius 1 is 1.23 bits per heavy atom. The Morgan fingerprint density at radius 3 is 2.36 bits per heavy atom. The van der Waals surface area contributed by atoms with Gasteiger partial charge >= 0.3 is 6.09 Å². The van der Waals surface area contributed by atoms with E-state index in [1.165, 1.54) is 18.2 Å². The van der Waals surface area contributed by atoms with Crippen LogP contribution in [0, 0.1) is 5.92 Å². The summed E-state index contributed by atoms with van der Waals surface area (Å²) in [4.78, 5) is 22.7. The SMILES string of the molecule is CCCc1ccc([C@H]([NH2+]CC(=O)NC(=O)OC)C(C)C)cc1. The molecule has 22 heavy (non-hydrogen) atoms. The van der Waals surface area contributed by atoms with E-state index in [4.69, 9.17) is 0 Å². The summed E-state index contributed by atoms with van der Waals surface area (Å²) in [5.74, 6) is 0.0306. The molecule has 1 aromatic rings. The molecule has 0 heterocycles. The van der Waals surface area contributed by atoms with Crippen LogP contribution in [-0.2, 0) is 16.0 Å². The summed E-state index contributed by atoms with van der Waals surface area (Å²) in [5, 5.41) is 4.13. The Hall–Kier alpha value is -1.88. The molecule has 0 saturated heterocycles. The number of ether oxygens (including phenoxy) is 1. The fourth-order valence-corrected chi connectivity index (χ4v) is 2.44. The van der Waals surface area contributed by atoms with Gasteiger partial charge in [0.25, 0.3) is 5.91 Å². The van der Waals surface area contributed by atoms with E-state index in [1.54, 1.807) is 0 Å². The van der Waals surface area contributed by atoms with Gasteiger partial charge in [0.2, 0.25) is 0 Å². The molecule has 3 N–H and O–H groups in total. The maximum atomic E-state index is 11.7. The number of hydrogen-bond acceptors (Lipinski definition) is 3. The molecule has 0 aliphatic heterocycles. The Bertz CT molecular complexity index is 483. The number of benzene rings is 1. The van der Waals surface area contributed by atoms with Crippen molar-refractivity contribution in [3.8, 4) is 0 Å². The van der Waals surface area contributed by atoms with Crippen LogP contribution < -0.4 is 10.6 Å². The molecular formula is C17H27N2O3+. The zero-order chi connectivity index (χ0) is 16.5. The first-order chi connectivity index (χ1) is 10.5. The lowest BCUT2D eigenvalue weighted by molar-refractivity contribution is -0.692. The highest BCUT2D eigenvalue weighted by atomic mass is 16.5. The highest BCUT2D eigenvalue weighted by molar-refractivity contribution is 5.92. The smallest absolute Gasteiger partial charge is 0.413 e. The first kappa shape index (κ1) is 18.2. The highest BCUT2D eigenvalue weighted by Crippen LogP contribution is 2.18. The monoisotopic (exact) mass is 307 g/mol. The first-order valence-electron chi connectivity index (χ1n) is 7.77. The van der Waals surface area contributed by atoms with Crippen LogP contribution in [0.5, 0.6) is 0 Å². The molecule has 0 aliphatic carbocycles. The van der Waals surface area contributed by atoms with Crippen molar-refractivity contribution in [2.75, 3.05) is 13.7 Å². The van der Waals surface area contributed by atoms with Gasteiger partial charge < -0.3 is 10.1 Å². The van der Waals surface area contributed by atoms with Crippen molar-refractivity contribution in [1.29, 1.82) is 0 Å². The molecule has 2 amide bonds. The molecule has 1 aromatic carbocycles. The predicted molar refractivity (Wildman–Crippen MR) is 85.4 cm³/mol. The number of nitrogens with two attached hydrogens (primary N) is 1. The van der Waals surface area contributed by atoms with E-state index >= 15 is 0 Å². The van der Waals surface area contributed by atoms with Crippen LogP contribution in [0.4, 0.5) is 4.79 Å². The van der Waals surface area contributed by atoms with Crippen molar-refractivity contribution >= 4 is 12.0 Å². The lowest BCUT2D eigenvalue weighted by Crippen LogP contribution is -2.88. The van der Waals surface area contributed by atoms with Gasteiger partial charge in [-0.2, -0.15) is 0 Å². The summed E-state index contributed by atoms with van der Waals surface area (Å²) < 4.78 is 4.41. The quantitative estimate of drug-likeness (QED) is 0.806. The summed E-state index contributed by atoms with van der Waals surface area (Å²) in [7, 11) is 1.24. The molecule has 0 radical (unpaired) electrons. The van der Waals surface area contributed by atoms with Crippen LogP contribution >= 0.6 is 0 Å². The van der Waals surface area contributed by atoms with Gasteiger partial charge in [-0.25, -0.2) is 4.79 Å². The minimum Gasteiger partial charge on any atom is -0.453 e. The van der Waals surface area contributed by atoms with E-state index in [9.17, 15) is 9.59 Å². The van der Waals surface area contributed by atoms with Crippen molar-refractivity contribution in [3.05, 3.63) is 35.4 Å². The molecule has 5 nitrogen and oxygen atoms in total. The van der Waals surface area contributed by atoms with Crippen LogP contribution in [0.15, 0.2) is 24.3 Å². The van der Waals surface area contributed by atoms with E-state index in [1.807, 2.05) is 5.32 Å². The second kappa shape index (κ2) is 9.20. The lowest BCUT2D eigenvalue weighted by atomic mass is 9.94. The molecule has 5 heteroatoms. The molecule has 0 fully saturated rings. The second-order valence-corrected chi connectivity index (χ2v) is 5.74. The zero-order valence-electron chi connectivity index (χ0n) is 13.9. The van der Waals surface area contributed by atoms with Crippen LogP contribution in [-0.4, -0.2) is 25.7 Å². The topological polar surface area (TPSA) is 72.0 Å². The molecule has 1 atom stereocenters. The van der Waals surface area contributed by atoms with E-state index in [-0.39, 0.29) is 18.5 Å². The lowest BCUT2D eigenvalue weighted by Gasteiger charge is -2.19. The Labute approximate surface area is 132 Å². The molecule has 0 spiro atoms. The fourth-order valence-electron chi connectivity index (χ4n) is 2.44. The van der Waals surface area contributed by atoms with E-state index in [0.29, 0.717) is 5.92 Å². The number of rotatable bonds is 7. The number of hydrogen-bond donors (Lipinski definition) is 2. The molecular weight excluding hydrogens is 280 g/mol. The van der Waals surface area contributed by atoms with Crippen LogP contribution in [0.2, 0.25) is 0 Å². The third-order valence-corrected chi connectivity index (χ3v) is 3.61. The Balaban J connectivity index is 2.65. The number of quaternary nitrogens is 1. The summed E-state index contributed by atoms with van der Waals surface area (Å²) in [6.07, 6.45) is 1.49. The third-order valence-electron chi connectivity index (χ3n) is 3.61. The normalized spacial score (nSPS) is 12.0. The average molecular weight is 307 g/mol. The van der Waals surface area contributed by atoms with E-state index < -0.39 is 6.09 Å². The van der Waals surface area contributed by atoms with Crippen molar-refractivity contribution < 1.29 is 19.6 Å². The minimum absolute atomic E-state index is 0.180. The van der Waals surface area contributed by atoms with Gasteiger partial charge in [0.05, 0.1) is 7.11 Å². The maximum absolute atomic E-state index is 11.7. The number of carbonyl (C=O) groups is 2. The molecule has 1 rings (SSSR count). The molecule has 122 valence electrons. The summed E-state index contributed by atoms with van der Waals surface area (Å²) in [6, 6.07) is 8.74. The van der Waals surface area contributed by atoms with Crippen molar-refractivity contribution in [1.82, 2.24) is 5.32 Å². The van der Waals surface area contributed by atoms with E-state index in [0.717, 1.165) is 12.8 Å². The van der Waals surface area contributed by atoms with Gasteiger partial charge in [-0.05, 0) is 12.0 Å². The van der Waals surface area contributed by atoms with Gasteiger partial charge in [0.1, 0.15) is 6.04 Å². The first-order valence-corrected chi connectivity index (χ1v) is 7.77. The predicted octanol–water partition coefficient (Wildman–Crippen LogP) is 1.78. The number of nitrogens with one attached hydrogen (secondary N) is 1. The zero-order valence-corrected chi connectivity index (χ0v) is 13.9. The van der Waals surface area contributed by atoms with Crippen molar-refractivity contribution in [2.24, 2.45) is 5.92 Å². The van der Waals surface area contributed by atoms with Gasteiger partial charge in [-0.3, -0.25) is 10.1 Å². The number of aryl methyl sites for hydroxylation is 1. The van der Waals surface area contributed by atoms with Crippen molar-refractivity contribution in [2.45, 2.75) is 39.7 Å². The highest BCUT2D eigenvalue weighted by Gasteiger charge is 2.21. The molecule has 0 saturated carbocycles. The number of imide groups is 1. The van der Waals surface area contributed by atoms with Gasteiger partial charge in [-0.1, -0.05) is 51.5 Å². The van der Waals surface area contributed by atoms with Crippen LogP contribution in [0.3, 0.4) is 0 Å². The van der Waals surface area contributed by atoms with Crippen LogP contribution in [0.25, 0.3) is 0 Å². The second-order valence-electron chi connectivity index (χ2n) is 5.74. The average Bonchev–Trinajstić information content (AvgIpc) is 2.48. The Kier molecular flexibility index (Phi) is 7.60. The summed E-state index contributed by atoms with van der Waals surface area (Å²) in [6.45, 7) is 6.60. The molecule has 0 aliphatic rings. The van der Waals surface area contributed by atoms with Gasteiger partial charge in [-0.15, -0.1) is 0 Å². The Morgan fingerprint density at radius 2 is 1.86 bits per heavy atom. The molecule has 0 unspecified atom stereocenters. The third kappa shape index (κ3) is 5.85. The minimum atomic E-state index is -0.719. The standard InChI is InChI=1S/C17H26N2O3/c1-5-6-13-7-9-14(10-8-13)16(12(2)3)18-11-15(20)19-17(21)22-4/h7-10,12,16,18H,5-6,11H2,1-4H3,(H,19,20,21)/p+1/t16-/m1/s1. The largest absolute Gasteiger partial charge is 0.453 e. The van der Waals surface area contributed by atoms with Gasteiger partial charge in [0, 0.05) is 11.5 Å². The molecule has 0 aromatic heterocycles. The van der Waals surface area contributed by atoms with E-state index in [2.05, 4.69) is 55.1 Å². The van der Waals surface area contributed by atoms with Crippen molar-refractivity contribution in [3.63, 3.8) is 0 Å². The summed E-state index contributed by atoms with van der Waals surface area (Å²) in [5.41, 5.74) is 2.53. The number of carbonyl (C=O) groups excluding carboxylic acids is 2.